The molecule has 0 radical (unpaired) electrons. The zero-order valence-corrected chi connectivity index (χ0v) is 14.4. The van der Waals surface area contributed by atoms with Gasteiger partial charge in [0.05, 0.1) is 0 Å². The van der Waals surface area contributed by atoms with E-state index >= 15 is 0 Å². The van der Waals surface area contributed by atoms with Crippen molar-refractivity contribution in [2.45, 2.75) is 45.6 Å². The minimum absolute atomic E-state index is 0.280. The minimum Gasteiger partial charge on any atom is -0.330 e. The fraction of sp³-hybridized carbons (Fsp3) is 0.667. The molecule has 0 aliphatic heterocycles. The van der Waals surface area contributed by atoms with E-state index in [-0.39, 0.29) is 5.41 Å². The lowest BCUT2D eigenvalue weighted by atomic mass is 9.69. The molecule has 1 aromatic rings. The molecule has 0 amide bonds. The number of hydrogen-bond donors (Lipinski definition) is 1. The first-order chi connectivity index (χ1) is 9.97. The van der Waals surface area contributed by atoms with Crippen LogP contribution in [0.4, 0.5) is 0 Å². The first kappa shape index (κ1) is 16.8. The minimum atomic E-state index is 0.280. The Bertz CT molecular complexity index is 462. The van der Waals surface area contributed by atoms with Gasteiger partial charge in [0.25, 0.3) is 0 Å². The number of nitrogens with zero attached hydrogens (tertiary/aromatic N) is 1. The molecule has 0 bridgehead atoms. The second kappa shape index (κ2) is 7.13. The largest absolute Gasteiger partial charge is 0.330 e. The molecule has 3 unspecified atom stereocenters. The van der Waals surface area contributed by atoms with Gasteiger partial charge in [0.2, 0.25) is 0 Å². The maximum atomic E-state index is 6.35. The van der Waals surface area contributed by atoms with Crippen LogP contribution in [0.1, 0.15) is 51.1 Å². The fourth-order valence-corrected chi connectivity index (χ4v) is 4.17. The van der Waals surface area contributed by atoms with Gasteiger partial charge in [-0.15, -0.1) is 0 Å². The predicted molar refractivity (Wildman–Crippen MR) is 91.6 cm³/mol. The van der Waals surface area contributed by atoms with E-state index in [9.17, 15) is 0 Å². The van der Waals surface area contributed by atoms with Crippen LogP contribution in [0, 0.1) is 11.3 Å². The van der Waals surface area contributed by atoms with Gasteiger partial charge in [-0.2, -0.15) is 0 Å². The van der Waals surface area contributed by atoms with Gasteiger partial charge in [-0.05, 0) is 56.3 Å². The summed E-state index contributed by atoms with van der Waals surface area (Å²) in [7, 11) is 2.20. The monoisotopic (exact) mass is 308 g/mol. The molecule has 1 fully saturated rings. The summed E-state index contributed by atoms with van der Waals surface area (Å²) in [4.78, 5) is 2.42. The molecule has 3 atom stereocenters. The van der Waals surface area contributed by atoms with Gasteiger partial charge in [0.1, 0.15) is 0 Å². The average Bonchev–Trinajstić information content (AvgIpc) is 2.47. The standard InChI is InChI=1S/C18H29ClN2/c1-14-7-6-10-18(11-14,12-20)13-21(3)15(2)16-8-4-5-9-17(16)19/h4-5,8-9,14-15H,6-7,10-13,20H2,1-3H3. The van der Waals surface area contributed by atoms with E-state index in [1.165, 1.54) is 31.2 Å². The van der Waals surface area contributed by atoms with Crippen molar-refractivity contribution in [3.05, 3.63) is 34.9 Å². The summed E-state index contributed by atoms with van der Waals surface area (Å²) >= 11 is 6.35. The highest BCUT2D eigenvalue weighted by Gasteiger charge is 2.35. The van der Waals surface area contributed by atoms with Crippen LogP contribution in [-0.4, -0.2) is 25.0 Å². The van der Waals surface area contributed by atoms with E-state index in [0.29, 0.717) is 6.04 Å². The Morgan fingerprint density at radius 3 is 2.76 bits per heavy atom. The lowest BCUT2D eigenvalue weighted by Crippen LogP contribution is -2.44. The number of rotatable bonds is 5. The zero-order chi connectivity index (χ0) is 15.5. The Morgan fingerprint density at radius 1 is 1.43 bits per heavy atom. The van der Waals surface area contributed by atoms with Gasteiger partial charge < -0.3 is 5.73 Å². The number of hydrogen-bond acceptors (Lipinski definition) is 2. The molecular formula is C18H29ClN2. The van der Waals surface area contributed by atoms with E-state index in [4.69, 9.17) is 17.3 Å². The second-order valence-corrected chi connectivity index (χ2v) is 7.43. The van der Waals surface area contributed by atoms with Gasteiger partial charge in [-0.1, -0.05) is 49.6 Å². The molecule has 1 aliphatic carbocycles. The highest BCUT2D eigenvalue weighted by atomic mass is 35.5. The topological polar surface area (TPSA) is 29.3 Å². The second-order valence-electron chi connectivity index (χ2n) is 7.02. The molecule has 2 nitrogen and oxygen atoms in total. The highest BCUT2D eigenvalue weighted by molar-refractivity contribution is 6.31. The van der Waals surface area contributed by atoms with Crippen molar-refractivity contribution in [1.82, 2.24) is 4.90 Å². The lowest BCUT2D eigenvalue weighted by molar-refractivity contribution is 0.0839. The molecule has 1 saturated carbocycles. The molecule has 2 N–H and O–H groups in total. The van der Waals surface area contributed by atoms with E-state index in [1.807, 2.05) is 12.1 Å². The average molecular weight is 309 g/mol. The summed E-state index contributed by atoms with van der Waals surface area (Å²) in [5.74, 6) is 0.798. The molecule has 1 aromatic carbocycles. The number of benzene rings is 1. The molecule has 0 saturated heterocycles. The maximum absolute atomic E-state index is 6.35. The first-order valence-electron chi connectivity index (χ1n) is 8.12. The van der Waals surface area contributed by atoms with E-state index < -0.39 is 0 Å². The molecular weight excluding hydrogens is 280 g/mol. The Balaban J connectivity index is 2.09. The highest BCUT2D eigenvalue weighted by Crippen LogP contribution is 2.40. The number of nitrogens with two attached hydrogens (primary N) is 1. The van der Waals surface area contributed by atoms with Gasteiger partial charge in [0.15, 0.2) is 0 Å². The summed E-state index contributed by atoms with van der Waals surface area (Å²) in [6, 6.07) is 8.47. The van der Waals surface area contributed by atoms with Gasteiger partial charge in [-0.25, -0.2) is 0 Å². The van der Waals surface area contributed by atoms with Crippen LogP contribution in [0.2, 0.25) is 5.02 Å². The SMILES string of the molecule is CC1CCCC(CN)(CN(C)C(C)c2ccccc2Cl)C1. The summed E-state index contributed by atoms with van der Waals surface area (Å²) in [5, 5.41) is 0.857. The quantitative estimate of drug-likeness (QED) is 0.868. The van der Waals surface area contributed by atoms with E-state index in [0.717, 1.165) is 24.0 Å². The van der Waals surface area contributed by atoms with Gasteiger partial charge in [-0.3, -0.25) is 4.90 Å². The maximum Gasteiger partial charge on any atom is 0.0453 e. The molecule has 0 heterocycles. The third-order valence-corrected chi connectivity index (χ3v) is 5.56. The van der Waals surface area contributed by atoms with Crippen molar-refractivity contribution in [2.24, 2.45) is 17.1 Å². The van der Waals surface area contributed by atoms with E-state index in [2.05, 4.69) is 37.9 Å². The van der Waals surface area contributed by atoms with Crippen LogP contribution in [0.5, 0.6) is 0 Å². The van der Waals surface area contributed by atoms with Crippen molar-refractivity contribution < 1.29 is 0 Å². The van der Waals surface area contributed by atoms with Crippen molar-refractivity contribution >= 4 is 11.6 Å². The van der Waals surface area contributed by atoms with Crippen molar-refractivity contribution in [3.8, 4) is 0 Å². The van der Waals surface area contributed by atoms with E-state index in [1.54, 1.807) is 0 Å². The Morgan fingerprint density at radius 2 is 2.14 bits per heavy atom. The molecule has 3 heteroatoms. The van der Waals surface area contributed by atoms with Crippen LogP contribution >= 0.6 is 11.6 Å². The summed E-state index contributed by atoms with van der Waals surface area (Å²) in [6.07, 6.45) is 5.18. The molecule has 118 valence electrons. The predicted octanol–water partition coefficient (Wildman–Crippen LogP) is 4.49. The van der Waals surface area contributed by atoms with Crippen molar-refractivity contribution in [3.63, 3.8) is 0 Å². The fourth-order valence-electron chi connectivity index (χ4n) is 3.88. The summed E-state index contributed by atoms with van der Waals surface area (Å²) in [6.45, 7) is 6.44. The van der Waals surface area contributed by atoms with Crippen molar-refractivity contribution in [1.29, 1.82) is 0 Å². The molecule has 2 rings (SSSR count). The van der Waals surface area contributed by atoms with Crippen LogP contribution in [-0.2, 0) is 0 Å². The van der Waals surface area contributed by atoms with Crippen LogP contribution in [0.25, 0.3) is 0 Å². The van der Waals surface area contributed by atoms with Crippen LogP contribution in [0.15, 0.2) is 24.3 Å². The number of halogens is 1. The van der Waals surface area contributed by atoms with Crippen LogP contribution in [0.3, 0.4) is 0 Å². The van der Waals surface area contributed by atoms with Crippen molar-refractivity contribution in [2.75, 3.05) is 20.1 Å². The third-order valence-electron chi connectivity index (χ3n) is 5.22. The van der Waals surface area contributed by atoms with Gasteiger partial charge in [0, 0.05) is 17.6 Å². The first-order valence-corrected chi connectivity index (χ1v) is 8.50. The van der Waals surface area contributed by atoms with Crippen LogP contribution < -0.4 is 5.73 Å². The molecule has 1 aliphatic rings. The Labute approximate surface area is 134 Å². The molecule has 21 heavy (non-hydrogen) atoms. The molecule has 0 aromatic heterocycles. The van der Waals surface area contributed by atoms with Gasteiger partial charge >= 0.3 is 0 Å². The smallest absolute Gasteiger partial charge is 0.0453 e. The Hall–Kier alpha value is -0.570. The summed E-state index contributed by atoms with van der Waals surface area (Å²) < 4.78 is 0. The lowest BCUT2D eigenvalue weighted by Gasteiger charge is -2.43. The normalized spacial score (nSPS) is 27.8. The molecule has 0 spiro atoms. The summed E-state index contributed by atoms with van der Waals surface area (Å²) in [5.41, 5.74) is 7.65. The third kappa shape index (κ3) is 4.00. The Kier molecular flexibility index (Phi) is 5.70. The zero-order valence-electron chi connectivity index (χ0n) is 13.6.